The van der Waals surface area contributed by atoms with Crippen molar-refractivity contribution >= 4 is 33.7 Å². The zero-order valence-corrected chi connectivity index (χ0v) is 23.2. The molecule has 0 aromatic heterocycles. The fourth-order valence-corrected chi connectivity index (χ4v) is 3.42. The van der Waals surface area contributed by atoms with Crippen LogP contribution in [0.2, 0.25) is 0 Å². The summed E-state index contributed by atoms with van der Waals surface area (Å²) in [6.07, 6.45) is 24.1. The molecule has 0 bridgehead atoms. The van der Waals surface area contributed by atoms with E-state index < -0.39 is 0 Å². The maximum absolute atomic E-state index is 10.4. The number of unbranched alkanes of at least 4 members (excludes halogenated alkanes) is 16. The Morgan fingerprint density at radius 1 is 0.483 bits per heavy atom. The summed E-state index contributed by atoms with van der Waals surface area (Å²) in [5.41, 5.74) is 0. The van der Waals surface area contributed by atoms with Crippen molar-refractivity contribution < 1.29 is 40.6 Å². The molecule has 0 saturated carbocycles. The molecule has 5 heteroatoms. The van der Waals surface area contributed by atoms with E-state index in [-0.39, 0.29) is 41.5 Å². The molecule has 0 aromatic carbocycles. The third-order valence-corrected chi connectivity index (χ3v) is 5.33. The Balaban J connectivity index is -0.000000211. The molecule has 0 spiro atoms. The summed E-state index contributed by atoms with van der Waals surface area (Å²) < 4.78 is 0. The third kappa shape index (κ3) is 39.9. The number of hydrogen-bond acceptors (Lipinski definition) is 2. The molecular weight excluding hydrogens is 414 g/mol. The number of carbonyl (C=O) groups is 2. The number of rotatable bonds is 20. The molecule has 0 radical (unpaired) electrons. The number of hydrogen-bond donors (Lipinski definition) is 0. The van der Waals surface area contributed by atoms with E-state index in [4.69, 9.17) is 23.2 Å². The van der Waals surface area contributed by atoms with Crippen molar-refractivity contribution in [2.75, 3.05) is 0 Å². The van der Waals surface area contributed by atoms with Crippen molar-refractivity contribution in [3.8, 4) is 0 Å². The van der Waals surface area contributed by atoms with Crippen LogP contribution in [0.3, 0.4) is 0 Å². The average Bonchev–Trinajstić information content (AvgIpc) is 2.65. The van der Waals surface area contributed by atoms with Crippen LogP contribution < -0.4 is 29.6 Å². The van der Waals surface area contributed by atoms with Crippen LogP contribution in [0.1, 0.15) is 144 Å². The first-order valence-electron chi connectivity index (χ1n) is 11.9. The molecule has 0 rings (SSSR count). The zero-order valence-electron chi connectivity index (χ0n) is 20.7. The van der Waals surface area contributed by atoms with E-state index in [1.165, 1.54) is 89.9 Å². The average molecular weight is 462 g/mol. The molecular formula is C24H47Cl2NaO2. The first kappa shape index (κ1) is 34.5. The van der Waals surface area contributed by atoms with Gasteiger partial charge in [-0.05, 0) is 36.0 Å². The third-order valence-electron chi connectivity index (χ3n) is 4.95. The Morgan fingerprint density at radius 2 is 0.690 bits per heavy atom. The fourth-order valence-electron chi connectivity index (χ4n) is 3.15. The van der Waals surface area contributed by atoms with Crippen molar-refractivity contribution in [3.63, 3.8) is 0 Å². The predicted molar refractivity (Wildman–Crippen MR) is 127 cm³/mol. The molecule has 2 nitrogen and oxygen atoms in total. The standard InChI is InChI=1S/2C12H23ClO.Na.H/c2*1-2-3-4-5-6-7-8-9-10-11-12(13)14;;/h2*2-11H2,1H3;;/q;;+1;-1. The quantitative estimate of drug-likeness (QED) is 0.118. The van der Waals surface area contributed by atoms with Crippen molar-refractivity contribution in [1.82, 2.24) is 0 Å². The van der Waals surface area contributed by atoms with Crippen molar-refractivity contribution in [2.24, 2.45) is 0 Å². The molecule has 0 aliphatic rings. The zero-order chi connectivity index (χ0) is 21.3. The van der Waals surface area contributed by atoms with Gasteiger partial charge in [-0.1, -0.05) is 117 Å². The number of halogens is 2. The number of carbonyl (C=O) groups excluding carboxylic acids is 2. The molecule has 0 atom stereocenters. The Hall–Kier alpha value is 0.920. The molecule has 0 saturated heterocycles. The van der Waals surface area contributed by atoms with Crippen molar-refractivity contribution in [1.29, 1.82) is 0 Å². The van der Waals surface area contributed by atoms with Gasteiger partial charge in [0.1, 0.15) is 0 Å². The van der Waals surface area contributed by atoms with Crippen LogP contribution in [-0.2, 0) is 9.59 Å². The maximum Gasteiger partial charge on any atom is 1.00 e. The summed E-state index contributed by atoms with van der Waals surface area (Å²) in [4.78, 5) is 20.8. The predicted octanol–water partition coefficient (Wildman–Crippen LogP) is 6.46. The Labute approximate surface area is 215 Å². The van der Waals surface area contributed by atoms with Crippen LogP contribution in [0.4, 0.5) is 0 Å². The van der Waals surface area contributed by atoms with Crippen molar-refractivity contribution in [3.05, 3.63) is 0 Å². The molecule has 170 valence electrons. The first-order valence-corrected chi connectivity index (χ1v) is 12.7. The summed E-state index contributed by atoms with van der Waals surface area (Å²) in [6, 6.07) is 0. The second-order valence-electron chi connectivity index (χ2n) is 7.87. The summed E-state index contributed by atoms with van der Waals surface area (Å²) in [6.45, 7) is 4.48. The smallest absolute Gasteiger partial charge is 1.00 e. The monoisotopic (exact) mass is 460 g/mol. The molecule has 29 heavy (non-hydrogen) atoms. The molecule has 0 unspecified atom stereocenters. The van der Waals surface area contributed by atoms with Gasteiger partial charge in [-0.15, -0.1) is 0 Å². The van der Waals surface area contributed by atoms with Crippen LogP contribution >= 0.6 is 23.2 Å². The summed E-state index contributed by atoms with van der Waals surface area (Å²) >= 11 is 10.5. The van der Waals surface area contributed by atoms with Crippen molar-refractivity contribution in [2.45, 2.75) is 142 Å². The SMILES string of the molecule is CCCCCCCCCCCC(=O)Cl.CCCCCCCCCCCC(=O)Cl.[H-].[Na+]. The van der Waals surface area contributed by atoms with E-state index in [9.17, 15) is 9.59 Å². The van der Waals surface area contributed by atoms with Gasteiger partial charge >= 0.3 is 29.6 Å². The summed E-state index contributed by atoms with van der Waals surface area (Å²) in [7, 11) is 0. The van der Waals surface area contributed by atoms with Gasteiger partial charge < -0.3 is 1.43 Å². The summed E-state index contributed by atoms with van der Waals surface area (Å²) in [5, 5.41) is -0.374. The molecule has 0 N–H and O–H groups in total. The molecule has 0 aliphatic carbocycles. The largest absolute Gasteiger partial charge is 1.00 e. The van der Waals surface area contributed by atoms with Crippen LogP contribution in [0.15, 0.2) is 0 Å². The van der Waals surface area contributed by atoms with Gasteiger partial charge in [0.15, 0.2) is 0 Å². The van der Waals surface area contributed by atoms with Gasteiger partial charge in [0.2, 0.25) is 10.5 Å². The van der Waals surface area contributed by atoms with E-state index in [1.807, 2.05) is 0 Å². The minimum absolute atomic E-state index is 0. The maximum atomic E-state index is 10.4. The topological polar surface area (TPSA) is 34.1 Å². The Bertz CT molecular complexity index is 313. The van der Waals surface area contributed by atoms with E-state index >= 15 is 0 Å². The van der Waals surface area contributed by atoms with E-state index in [0.29, 0.717) is 12.8 Å². The minimum atomic E-state index is -0.187. The van der Waals surface area contributed by atoms with Crippen LogP contribution in [0.5, 0.6) is 0 Å². The minimum Gasteiger partial charge on any atom is -1.00 e. The van der Waals surface area contributed by atoms with Gasteiger partial charge in [-0.3, -0.25) is 9.59 Å². The summed E-state index contributed by atoms with van der Waals surface area (Å²) in [5.74, 6) is 0. The molecule has 0 amide bonds. The van der Waals surface area contributed by atoms with E-state index in [1.54, 1.807) is 0 Å². The van der Waals surface area contributed by atoms with Gasteiger partial charge in [0.25, 0.3) is 0 Å². The van der Waals surface area contributed by atoms with Crippen LogP contribution in [0, 0.1) is 0 Å². The molecule has 0 fully saturated rings. The molecule has 0 aliphatic heterocycles. The Kier molecular flexibility index (Phi) is 37.0. The van der Waals surface area contributed by atoms with E-state index in [0.717, 1.165) is 25.7 Å². The Morgan fingerprint density at radius 3 is 0.897 bits per heavy atom. The first-order chi connectivity index (χ1) is 13.5. The molecule has 0 heterocycles. The second kappa shape index (κ2) is 31.1. The van der Waals surface area contributed by atoms with Gasteiger partial charge in [-0.25, -0.2) is 0 Å². The second-order valence-corrected chi connectivity index (χ2v) is 8.71. The van der Waals surface area contributed by atoms with Crippen LogP contribution in [-0.4, -0.2) is 10.5 Å². The van der Waals surface area contributed by atoms with Gasteiger partial charge in [0.05, 0.1) is 0 Å². The fraction of sp³-hybridized carbons (Fsp3) is 0.917. The molecule has 0 aromatic rings. The van der Waals surface area contributed by atoms with Gasteiger partial charge in [0, 0.05) is 12.8 Å². The van der Waals surface area contributed by atoms with Crippen LogP contribution in [0.25, 0.3) is 0 Å². The normalized spacial score (nSPS) is 10.1. The van der Waals surface area contributed by atoms with Gasteiger partial charge in [-0.2, -0.15) is 0 Å². The van der Waals surface area contributed by atoms with E-state index in [2.05, 4.69) is 13.8 Å².